The molecule has 0 aliphatic carbocycles. The molecule has 0 amide bonds. The Morgan fingerprint density at radius 3 is 1.63 bits per heavy atom. The van der Waals surface area contributed by atoms with Crippen LogP contribution in [0.2, 0.25) is 0 Å². The van der Waals surface area contributed by atoms with Crippen LogP contribution in [0.1, 0.15) is 10.4 Å². The molecule has 27 heavy (non-hydrogen) atoms. The lowest BCUT2D eigenvalue weighted by Gasteiger charge is -2.08. The highest BCUT2D eigenvalue weighted by Crippen LogP contribution is 2.00. The maximum atomic E-state index is 11.7. The maximum Gasteiger partial charge on any atom is 0.338 e. The molecule has 0 spiro atoms. The molecule has 1 rings (SSSR count). The van der Waals surface area contributed by atoms with Crippen LogP contribution in [0.5, 0.6) is 0 Å². The normalized spacial score (nSPS) is 10.7. The van der Waals surface area contributed by atoms with Crippen molar-refractivity contribution in [2.75, 3.05) is 72.7 Å². The van der Waals surface area contributed by atoms with Gasteiger partial charge >= 0.3 is 5.97 Å². The SMILES string of the molecule is C=CCOCCOCCOCCOCCOCCOC(=O)c1ccccc1. The van der Waals surface area contributed by atoms with Crippen LogP contribution in [0.4, 0.5) is 0 Å². The summed E-state index contributed by atoms with van der Waals surface area (Å²) in [6.07, 6.45) is 1.70. The molecule has 0 saturated heterocycles. The van der Waals surface area contributed by atoms with Gasteiger partial charge in [0.05, 0.1) is 71.6 Å². The van der Waals surface area contributed by atoms with Gasteiger partial charge in [0.15, 0.2) is 0 Å². The summed E-state index contributed by atoms with van der Waals surface area (Å²) in [7, 11) is 0. The fraction of sp³-hybridized carbons (Fsp3) is 0.550. The van der Waals surface area contributed by atoms with Gasteiger partial charge in [-0.25, -0.2) is 4.79 Å². The van der Waals surface area contributed by atoms with E-state index < -0.39 is 0 Å². The molecule has 152 valence electrons. The standard InChI is InChI=1S/C20H30O7/c1-2-8-22-9-10-23-11-12-24-13-14-25-15-16-26-17-18-27-20(21)19-6-4-3-5-7-19/h2-7H,1,8-18H2. The number of rotatable bonds is 18. The number of ether oxygens (including phenoxy) is 6. The predicted octanol–water partition coefficient (Wildman–Crippen LogP) is 2.11. The summed E-state index contributed by atoms with van der Waals surface area (Å²) < 4.78 is 31.7. The third-order valence-corrected chi connectivity index (χ3v) is 3.19. The van der Waals surface area contributed by atoms with Crippen molar-refractivity contribution in [2.45, 2.75) is 0 Å². The summed E-state index contributed by atoms with van der Waals surface area (Å²) in [5.74, 6) is -0.346. The number of hydrogen-bond donors (Lipinski definition) is 0. The Kier molecular flexibility index (Phi) is 15.2. The summed E-state index contributed by atoms with van der Waals surface area (Å²) >= 11 is 0. The molecule has 0 fully saturated rings. The Balaban J connectivity index is 1.75. The number of hydrogen-bond acceptors (Lipinski definition) is 7. The van der Waals surface area contributed by atoms with Crippen LogP contribution >= 0.6 is 0 Å². The zero-order chi connectivity index (χ0) is 19.4. The fourth-order valence-electron chi connectivity index (χ4n) is 1.90. The van der Waals surface area contributed by atoms with Crippen molar-refractivity contribution in [2.24, 2.45) is 0 Å². The summed E-state index contributed by atoms with van der Waals surface area (Å²) in [6, 6.07) is 8.86. The number of carbonyl (C=O) groups excluding carboxylic acids is 1. The van der Waals surface area contributed by atoms with E-state index in [0.29, 0.717) is 71.6 Å². The van der Waals surface area contributed by atoms with Crippen molar-refractivity contribution in [3.8, 4) is 0 Å². The van der Waals surface area contributed by atoms with Crippen LogP contribution < -0.4 is 0 Å². The topological polar surface area (TPSA) is 72.5 Å². The van der Waals surface area contributed by atoms with E-state index in [-0.39, 0.29) is 12.6 Å². The molecule has 1 aromatic carbocycles. The summed E-state index contributed by atoms with van der Waals surface area (Å²) in [4.78, 5) is 11.7. The lowest BCUT2D eigenvalue weighted by atomic mass is 10.2. The summed E-state index contributed by atoms with van der Waals surface area (Å²) in [5.41, 5.74) is 0.535. The van der Waals surface area contributed by atoms with Gasteiger partial charge in [0, 0.05) is 0 Å². The van der Waals surface area contributed by atoms with E-state index in [2.05, 4.69) is 6.58 Å². The van der Waals surface area contributed by atoms with E-state index in [1.165, 1.54) is 0 Å². The van der Waals surface area contributed by atoms with Crippen molar-refractivity contribution >= 4 is 5.97 Å². The first kappa shape index (κ1) is 23.3. The lowest BCUT2D eigenvalue weighted by Crippen LogP contribution is -2.15. The zero-order valence-corrected chi connectivity index (χ0v) is 15.8. The molecular formula is C20H30O7. The van der Waals surface area contributed by atoms with Crippen molar-refractivity contribution in [3.05, 3.63) is 48.6 Å². The monoisotopic (exact) mass is 382 g/mol. The average molecular weight is 382 g/mol. The highest BCUT2D eigenvalue weighted by atomic mass is 16.6. The van der Waals surface area contributed by atoms with Gasteiger partial charge in [-0.2, -0.15) is 0 Å². The summed E-state index contributed by atoms with van der Waals surface area (Å²) in [5, 5.41) is 0. The van der Waals surface area contributed by atoms with Crippen molar-refractivity contribution in [1.82, 2.24) is 0 Å². The molecule has 0 bridgehead atoms. The van der Waals surface area contributed by atoms with Crippen molar-refractivity contribution in [1.29, 1.82) is 0 Å². The average Bonchev–Trinajstić information content (AvgIpc) is 2.70. The van der Waals surface area contributed by atoms with Crippen LogP contribution in [-0.4, -0.2) is 78.6 Å². The Hall–Kier alpha value is -1.77. The first-order valence-corrected chi connectivity index (χ1v) is 9.06. The molecular weight excluding hydrogens is 352 g/mol. The van der Waals surface area contributed by atoms with Crippen LogP contribution in [0.25, 0.3) is 0 Å². The van der Waals surface area contributed by atoms with Gasteiger partial charge in [-0.15, -0.1) is 6.58 Å². The minimum absolute atomic E-state index is 0.218. The molecule has 7 heteroatoms. The highest BCUT2D eigenvalue weighted by Gasteiger charge is 2.04. The summed E-state index contributed by atoms with van der Waals surface area (Å²) in [6.45, 7) is 8.72. The number of carbonyl (C=O) groups is 1. The molecule has 0 aromatic heterocycles. The van der Waals surface area contributed by atoms with Crippen molar-refractivity contribution in [3.63, 3.8) is 0 Å². The second-order valence-corrected chi connectivity index (χ2v) is 5.32. The van der Waals surface area contributed by atoms with Crippen LogP contribution in [-0.2, 0) is 28.4 Å². The highest BCUT2D eigenvalue weighted by molar-refractivity contribution is 5.89. The van der Waals surface area contributed by atoms with E-state index in [0.717, 1.165) is 0 Å². The quantitative estimate of drug-likeness (QED) is 0.219. The fourth-order valence-corrected chi connectivity index (χ4v) is 1.90. The second kappa shape index (κ2) is 17.6. The minimum Gasteiger partial charge on any atom is -0.460 e. The van der Waals surface area contributed by atoms with Gasteiger partial charge in [-0.05, 0) is 12.1 Å². The van der Waals surface area contributed by atoms with Crippen LogP contribution in [0.15, 0.2) is 43.0 Å². The van der Waals surface area contributed by atoms with E-state index >= 15 is 0 Å². The zero-order valence-electron chi connectivity index (χ0n) is 15.8. The largest absolute Gasteiger partial charge is 0.460 e. The molecule has 7 nitrogen and oxygen atoms in total. The smallest absolute Gasteiger partial charge is 0.338 e. The maximum absolute atomic E-state index is 11.7. The number of benzene rings is 1. The van der Waals surface area contributed by atoms with Crippen LogP contribution in [0.3, 0.4) is 0 Å². The first-order valence-electron chi connectivity index (χ1n) is 9.06. The van der Waals surface area contributed by atoms with Gasteiger partial charge in [0.25, 0.3) is 0 Å². The molecule has 0 heterocycles. The van der Waals surface area contributed by atoms with Gasteiger partial charge in [0.1, 0.15) is 6.61 Å². The number of esters is 1. The second-order valence-electron chi connectivity index (χ2n) is 5.32. The molecule has 0 unspecified atom stereocenters. The molecule has 0 aliphatic rings. The Bertz CT molecular complexity index is 478. The van der Waals surface area contributed by atoms with Crippen LogP contribution in [0, 0.1) is 0 Å². The third-order valence-electron chi connectivity index (χ3n) is 3.19. The minimum atomic E-state index is -0.346. The molecule has 0 aliphatic heterocycles. The Morgan fingerprint density at radius 1 is 0.704 bits per heavy atom. The van der Waals surface area contributed by atoms with Gasteiger partial charge in [0.2, 0.25) is 0 Å². The molecule has 1 aromatic rings. The van der Waals surface area contributed by atoms with Gasteiger partial charge in [-0.3, -0.25) is 0 Å². The predicted molar refractivity (Wildman–Crippen MR) is 101 cm³/mol. The van der Waals surface area contributed by atoms with Crippen molar-refractivity contribution < 1.29 is 33.2 Å². The molecule has 0 radical (unpaired) electrons. The van der Waals surface area contributed by atoms with E-state index in [1.807, 2.05) is 6.07 Å². The lowest BCUT2D eigenvalue weighted by molar-refractivity contribution is -0.0140. The molecule has 0 saturated carbocycles. The van der Waals surface area contributed by atoms with E-state index in [9.17, 15) is 4.79 Å². The molecule has 0 N–H and O–H groups in total. The van der Waals surface area contributed by atoms with E-state index in [1.54, 1.807) is 30.3 Å². The van der Waals surface area contributed by atoms with Gasteiger partial charge in [-0.1, -0.05) is 24.3 Å². The Morgan fingerprint density at radius 2 is 1.15 bits per heavy atom. The molecule has 0 atom stereocenters. The third kappa shape index (κ3) is 14.0. The Labute approximate surface area is 161 Å². The van der Waals surface area contributed by atoms with Gasteiger partial charge < -0.3 is 28.4 Å². The first-order chi connectivity index (χ1) is 13.3. The van der Waals surface area contributed by atoms with E-state index in [4.69, 9.17) is 28.4 Å².